The zero-order chi connectivity index (χ0) is 10.7. The number of hydrogen-bond donors (Lipinski definition) is 0. The van der Waals surface area contributed by atoms with Crippen LogP contribution in [0.1, 0.15) is 12.5 Å². The van der Waals surface area contributed by atoms with Gasteiger partial charge in [-0.1, -0.05) is 19.1 Å². The highest BCUT2D eigenvalue weighted by atomic mass is 15.2. The highest BCUT2D eigenvalue weighted by molar-refractivity contribution is 5.50. The first-order chi connectivity index (χ1) is 7.29. The summed E-state index contributed by atoms with van der Waals surface area (Å²) in [6.07, 6.45) is 2.15. The van der Waals surface area contributed by atoms with Crippen LogP contribution < -0.4 is 4.90 Å². The van der Waals surface area contributed by atoms with Crippen molar-refractivity contribution in [1.82, 2.24) is 4.90 Å². The second kappa shape index (κ2) is 4.67. The number of likely N-dealkylation sites (N-methyl/N-ethyl adjacent to an activating group) is 1. The molecule has 81 valence electrons. The zero-order valence-corrected chi connectivity index (χ0v) is 9.61. The molecule has 1 saturated heterocycles. The van der Waals surface area contributed by atoms with Crippen molar-refractivity contribution >= 4 is 5.69 Å². The van der Waals surface area contributed by atoms with Crippen LogP contribution in [0.3, 0.4) is 0 Å². The molecule has 0 unspecified atom stereocenters. The van der Waals surface area contributed by atoms with E-state index in [0.717, 1.165) is 13.1 Å². The van der Waals surface area contributed by atoms with Crippen molar-refractivity contribution < 1.29 is 0 Å². The van der Waals surface area contributed by atoms with Crippen molar-refractivity contribution in [2.75, 3.05) is 38.1 Å². The first kappa shape index (κ1) is 10.5. The van der Waals surface area contributed by atoms with E-state index in [9.17, 15) is 0 Å². The Morgan fingerprint density at radius 1 is 1.13 bits per heavy atom. The first-order valence-corrected chi connectivity index (χ1v) is 5.62. The van der Waals surface area contributed by atoms with E-state index in [1.807, 2.05) is 0 Å². The molecule has 0 N–H and O–H groups in total. The van der Waals surface area contributed by atoms with Crippen molar-refractivity contribution in [3.8, 4) is 0 Å². The van der Waals surface area contributed by atoms with E-state index in [1.54, 1.807) is 0 Å². The molecule has 0 saturated carbocycles. The van der Waals surface area contributed by atoms with Gasteiger partial charge in [0.05, 0.1) is 0 Å². The molecular formula is C13H19N2. The predicted molar refractivity (Wildman–Crippen MR) is 65.2 cm³/mol. The van der Waals surface area contributed by atoms with Gasteiger partial charge >= 0.3 is 0 Å². The van der Waals surface area contributed by atoms with Gasteiger partial charge in [0.25, 0.3) is 0 Å². The summed E-state index contributed by atoms with van der Waals surface area (Å²) in [6.45, 7) is 6.70. The number of hydrogen-bond acceptors (Lipinski definition) is 2. The van der Waals surface area contributed by atoms with Gasteiger partial charge in [-0.05, 0) is 31.2 Å². The standard InChI is InChI=1S/C13H19N2/c1-3-12-5-4-6-13(11-12)15-9-7-14(2)8-10-15/h3-6,11H,7-10H2,1-2H3. The molecule has 0 atom stereocenters. The quantitative estimate of drug-likeness (QED) is 0.725. The molecule has 1 heterocycles. The topological polar surface area (TPSA) is 6.48 Å². The minimum Gasteiger partial charge on any atom is -0.369 e. The maximum Gasteiger partial charge on any atom is 0.0369 e. The maximum absolute atomic E-state index is 2.47. The second-order valence-corrected chi connectivity index (χ2v) is 4.17. The van der Waals surface area contributed by atoms with Gasteiger partial charge in [0, 0.05) is 31.9 Å². The van der Waals surface area contributed by atoms with Crippen molar-refractivity contribution in [1.29, 1.82) is 0 Å². The summed E-state index contributed by atoms with van der Waals surface area (Å²) < 4.78 is 0. The number of rotatable bonds is 2. The molecule has 1 fully saturated rings. The van der Waals surface area contributed by atoms with Crippen molar-refractivity contribution in [2.24, 2.45) is 0 Å². The first-order valence-electron chi connectivity index (χ1n) is 5.62. The Kier molecular flexibility index (Phi) is 3.27. The van der Waals surface area contributed by atoms with Gasteiger partial charge in [-0.3, -0.25) is 0 Å². The minimum absolute atomic E-state index is 1.14. The van der Waals surface area contributed by atoms with E-state index in [-0.39, 0.29) is 0 Å². The van der Waals surface area contributed by atoms with Crippen LogP contribution in [0.2, 0.25) is 0 Å². The average Bonchev–Trinajstić information content (AvgIpc) is 2.30. The molecule has 1 aliphatic rings. The molecule has 2 nitrogen and oxygen atoms in total. The lowest BCUT2D eigenvalue weighted by molar-refractivity contribution is 0.313. The largest absolute Gasteiger partial charge is 0.369 e. The van der Waals surface area contributed by atoms with Gasteiger partial charge in [-0.25, -0.2) is 0 Å². The highest BCUT2D eigenvalue weighted by Crippen LogP contribution is 2.18. The predicted octanol–water partition coefficient (Wildman–Crippen LogP) is 2.01. The molecule has 1 aromatic carbocycles. The van der Waals surface area contributed by atoms with Gasteiger partial charge in [0.1, 0.15) is 0 Å². The van der Waals surface area contributed by atoms with Crippen LogP contribution in [-0.2, 0) is 0 Å². The normalized spacial score (nSPS) is 18.1. The molecule has 0 aromatic heterocycles. The monoisotopic (exact) mass is 203 g/mol. The fourth-order valence-electron chi connectivity index (χ4n) is 1.97. The molecule has 2 rings (SSSR count). The molecule has 1 radical (unpaired) electrons. The Balaban J connectivity index is 2.08. The van der Waals surface area contributed by atoms with Crippen LogP contribution in [0, 0.1) is 6.42 Å². The maximum atomic E-state index is 2.47. The Hall–Kier alpha value is -1.02. The van der Waals surface area contributed by atoms with Crippen LogP contribution in [-0.4, -0.2) is 38.1 Å². The average molecular weight is 203 g/mol. The number of piperazine rings is 1. The molecule has 15 heavy (non-hydrogen) atoms. The third-order valence-electron chi connectivity index (χ3n) is 3.07. The summed E-state index contributed by atoms with van der Waals surface area (Å²) in [6, 6.07) is 8.77. The molecule has 1 aromatic rings. The van der Waals surface area contributed by atoms with Gasteiger partial charge < -0.3 is 9.80 Å². The van der Waals surface area contributed by atoms with E-state index < -0.39 is 0 Å². The summed E-state index contributed by atoms with van der Waals surface area (Å²) in [5.41, 5.74) is 2.67. The van der Waals surface area contributed by atoms with E-state index in [4.69, 9.17) is 0 Å². The summed E-state index contributed by atoms with van der Waals surface area (Å²) in [5.74, 6) is 0. The molecule has 0 amide bonds. The fourth-order valence-corrected chi connectivity index (χ4v) is 1.97. The fraction of sp³-hybridized carbons (Fsp3) is 0.462. The number of nitrogens with zero attached hydrogens (tertiary/aromatic N) is 2. The van der Waals surface area contributed by atoms with E-state index >= 15 is 0 Å². The lowest BCUT2D eigenvalue weighted by Crippen LogP contribution is -2.44. The Labute approximate surface area is 92.5 Å². The van der Waals surface area contributed by atoms with Gasteiger partial charge in [0.15, 0.2) is 0 Å². The van der Waals surface area contributed by atoms with Crippen LogP contribution in [0.5, 0.6) is 0 Å². The van der Waals surface area contributed by atoms with E-state index in [1.165, 1.54) is 24.3 Å². The Morgan fingerprint density at radius 2 is 1.87 bits per heavy atom. The summed E-state index contributed by atoms with van der Waals surface area (Å²) >= 11 is 0. The molecule has 0 bridgehead atoms. The summed E-state index contributed by atoms with van der Waals surface area (Å²) in [5, 5.41) is 0. The molecule has 0 aliphatic carbocycles. The SMILES string of the molecule is C[CH]c1cccc(N2CCN(C)CC2)c1. The minimum atomic E-state index is 1.14. The van der Waals surface area contributed by atoms with Crippen molar-refractivity contribution in [2.45, 2.75) is 6.92 Å². The molecular weight excluding hydrogens is 184 g/mol. The van der Waals surface area contributed by atoms with Gasteiger partial charge in [0.2, 0.25) is 0 Å². The van der Waals surface area contributed by atoms with Crippen LogP contribution in [0.15, 0.2) is 24.3 Å². The number of benzene rings is 1. The Bertz CT molecular complexity index is 314. The molecule has 0 spiro atoms. The zero-order valence-electron chi connectivity index (χ0n) is 9.61. The summed E-state index contributed by atoms with van der Waals surface area (Å²) in [4.78, 5) is 4.85. The third-order valence-corrected chi connectivity index (χ3v) is 3.07. The number of anilines is 1. The van der Waals surface area contributed by atoms with E-state index in [2.05, 4.69) is 54.5 Å². The smallest absolute Gasteiger partial charge is 0.0369 e. The van der Waals surface area contributed by atoms with Gasteiger partial charge in [-0.2, -0.15) is 0 Å². The second-order valence-electron chi connectivity index (χ2n) is 4.17. The lowest BCUT2D eigenvalue weighted by Gasteiger charge is -2.34. The molecule has 2 heteroatoms. The van der Waals surface area contributed by atoms with Crippen molar-refractivity contribution in [3.63, 3.8) is 0 Å². The Morgan fingerprint density at radius 3 is 2.53 bits per heavy atom. The van der Waals surface area contributed by atoms with Crippen LogP contribution in [0.4, 0.5) is 5.69 Å². The van der Waals surface area contributed by atoms with Crippen LogP contribution in [0.25, 0.3) is 0 Å². The van der Waals surface area contributed by atoms with Crippen molar-refractivity contribution in [3.05, 3.63) is 36.2 Å². The highest BCUT2D eigenvalue weighted by Gasteiger charge is 2.13. The third kappa shape index (κ3) is 2.51. The van der Waals surface area contributed by atoms with E-state index in [0.29, 0.717) is 0 Å². The lowest BCUT2D eigenvalue weighted by atomic mass is 10.1. The van der Waals surface area contributed by atoms with Crippen LogP contribution >= 0.6 is 0 Å². The molecule has 1 aliphatic heterocycles. The van der Waals surface area contributed by atoms with Gasteiger partial charge in [-0.15, -0.1) is 0 Å². The summed E-state index contributed by atoms with van der Waals surface area (Å²) in [7, 11) is 2.19.